The van der Waals surface area contributed by atoms with Gasteiger partial charge in [-0.15, -0.1) is 0 Å². The van der Waals surface area contributed by atoms with Crippen molar-refractivity contribution in [1.29, 1.82) is 0 Å². The molecule has 0 bridgehead atoms. The molecule has 0 aliphatic carbocycles. The van der Waals surface area contributed by atoms with Crippen LogP contribution in [0.3, 0.4) is 0 Å². The molecule has 2 rings (SSSR count). The molecule has 0 spiro atoms. The third kappa shape index (κ3) is 3.18. The van der Waals surface area contributed by atoms with Crippen LogP contribution in [-0.4, -0.2) is 22.0 Å². The van der Waals surface area contributed by atoms with Crippen LogP contribution in [-0.2, 0) is 4.79 Å². The molecule has 1 atom stereocenters. The van der Waals surface area contributed by atoms with Gasteiger partial charge in [-0.3, -0.25) is 4.79 Å². The minimum Gasteiger partial charge on any atom is -0.330 e. The topological polar surface area (TPSA) is 72.9 Å². The summed E-state index contributed by atoms with van der Waals surface area (Å²) in [5.41, 5.74) is 6.84. The number of carbonyl (C=O) groups excluding carboxylic acids is 1. The van der Waals surface area contributed by atoms with E-state index < -0.39 is 0 Å². The van der Waals surface area contributed by atoms with Crippen molar-refractivity contribution in [3.63, 3.8) is 0 Å². The Bertz CT molecular complexity index is 583. The first kappa shape index (κ1) is 14.6. The highest BCUT2D eigenvalue weighted by Crippen LogP contribution is 2.28. The van der Waals surface area contributed by atoms with Gasteiger partial charge in [-0.05, 0) is 25.1 Å². The van der Waals surface area contributed by atoms with Crippen LogP contribution in [0.1, 0.15) is 13.3 Å². The van der Waals surface area contributed by atoms with E-state index in [0.717, 1.165) is 0 Å². The smallest absolute Gasteiger partial charge is 0.227 e. The molecule has 2 aromatic rings. The first-order valence-electron chi connectivity index (χ1n) is 6.41. The molecule has 1 unspecified atom stereocenters. The number of anilines is 1. The van der Waals surface area contributed by atoms with E-state index in [2.05, 4.69) is 10.3 Å². The first-order valence-corrected chi connectivity index (χ1v) is 6.79. The SMILES string of the molecule is CC(CCN)C(=O)Nc1cccc(Cl)c1-n1ccnc1. The fourth-order valence-corrected chi connectivity index (χ4v) is 2.18. The van der Waals surface area contributed by atoms with Gasteiger partial charge in [-0.2, -0.15) is 0 Å². The fraction of sp³-hybridized carbons (Fsp3) is 0.286. The number of nitrogens with one attached hydrogen (secondary N) is 1. The lowest BCUT2D eigenvalue weighted by Gasteiger charge is -2.15. The minimum atomic E-state index is -0.144. The highest BCUT2D eigenvalue weighted by Gasteiger charge is 2.15. The average molecular weight is 293 g/mol. The molecule has 0 aliphatic rings. The number of hydrogen-bond donors (Lipinski definition) is 2. The van der Waals surface area contributed by atoms with Gasteiger partial charge in [0, 0.05) is 18.3 Å². The van der Waals surface area contributed by atoms with Crippen molar-refractivity contribution in [1.82, 2.24) is 9.55 Å². The molecule has 1 amide bonds. The normalized spacial score (nSPS) is 12.2. The molecular weight excluding hydrogens is 276 g/mol. The van der Waals surface area contributed by atoms with Gasteiger partial charge in [0.2, 0.25) is 5.91 Å². The van der Waals surface area contributed by atoms with E-state index in [1.54, 1.807) is 35.4 Å². The van der Waals surface area contributed by atoms with E-state index in [1.807, 2.05) is 13.0 Å². The number of aromatic nitrogens is 2. The van der Waals surface area contributed by atoms with Crippen molar-refractivity contribution in [3.05, 3.63) is 41.9 Å². The van der Waals surface area contributed by atoms with Gasteiger partial charge >= 0.3 is 0 Å². The lowest BCUT2D eigenvalue weighted by atomic mass is 10.1. The monoisotopic (exact) mass is 292 g/mol. The maximum atomic E-state index is 12.1. The third-order valence-corrected chi connectivity index (χ3v) is 3.36. The highest BCUT2D eigenvalue weighted by molar-refractivity contribution is 6.33. The van der Waals surface area contributed by atoms with Crippen LogP contribution in [0.25, 0.3) is 5.69 Å². The van der Waals surface area contributed by atoms with E-state index in [0.29, 0.717) is 29.4 Å². The molecule has 1 aromatic heterocycles. The Balaban J connectivity index is 2.29. The van der Waals surface area contributed by atoms with Crippen molar-refractivity contribution in [2.45, 2.75) is 13.3 Å². The third-order valence-electron chi connectivity index (χ3n) is 3.05. The zero-order valence-electron chi connectivity index (χ0n) is 11.2. The Morgan fingerprint density at radius 2 is 2.35 bits per heavy atom. The molecule has 0 saturated heterocycles. The number of halogens is 1. The summed E-state index contributed by atoms with van der Waals surface area (Å²) in [6.07, 6.45) is 5.72. The predicted octanol–water partition coefficient (Wildman–Crippen LogP) is 2.45. The second kappa shape index (κ2) is 6.54. The number of nitrogens with zero attached hydrogens (tertiary/aromatic N) is 2. The second-order valence-corrected chi connectivity index (χ2v) is 4.98. The van der Waals surface area contributed by atoms with Crippen LogP contribution in [0, 0.1) is 5.92 Å². The van der Waals surface area contributed by atoms with Crippen molar-refractivity contribution in [3.8, 4) is 5.69 Å². The molecule has 0 fully saturated rings. The van der Waals surface area contributed by atoms with E-state index in [1.165, 1.54) is 0 Å². The summed E-state index contributed by atoms with van der Waals surface area (Å²) in [5, 5.41) is 3.45. The summed E-state index contributed by atoms with van der Waals surface area (Å²) in [5.74, 6) is -0.214. The van der Waals surface area contributed by atoms with E-state index >= 15 is 0 Å². The van der Waals surface area contributed by atoms with E-state index in [9.17, 15) is 4.79 Å². The van der Waals surface area contributed by atoms with Crippen LogP contribution in [0.15, 0.2) is 36.9 Å². The molecule has 0 aliphatic heterocycles. The summed E-state index contributed by atoms with van der Waals surface area (Å²) in [4.78, 5) is 16.1. The summed E-state index contributed by atoms with van der Waals surface area (Å²) in [6, 6.07) is 5.39. The largest absolute Gasteiger partial charge is 0.330 e. The van der Waals surface area contributed by atoms with E-state index in [4.69, 9.17) is 17.3 Å². The summed E-state index contributed by atoms with van der Waals surface area (Å²) >= 11 is 6.23. The Morgan fingerprint density at radius 3 is 3.00 bits per heavy atom. The Morgan fingerprint density at radius 1 is 1.55 bits per heavy atom. The van der Waals surface area contributed by atoms with Crippen LogP contribution < -0.4 is 11.1 Å². The zero-order valence-corrected chi connectivity index (χ0v) is 12.0. The van der Waals surface area contributed by atoms with Gasteiger partial charge in [-0.25, -0.2) is 4.98 Å². The van der Waals surface area contributed by atoms with Crippen molar-refractivity contribution < 1.29 is 4.79 Å². The molecule has 6 heteroatoms. The lowest BCUT2D eigenvalue weighted by Crippen LogP contribution is -2.23. The highest BCUT2D eigenvalue weighted by atomic mass is 35.5. The van der Waals surface area contributed by atoms with Crippen molar-refractivity contribution >= 4 is 23.2 Å². The number of rotatable bonds is 5. The summed E-state index contributed by atoms with van der Waals surface area (Å²) in [6.45, 7) is 2.34. The summed E-state index contributed by atoms with van der Waals surface area (Å²) < 4.78 is 1.77. The van der Waals surface area contributed by atoms with Crippen LogP contribution in [0.4, 0.5) is 5.69 Å². The predicted molar refractivity (Wildman–Crippen MR) is 80.0 cm³/mol. The first-order chi connectivity index (χ1) is 9.63. The number of amides is 1. The lowest BCUT2D eigenvalue weighted by molar-refractivity contribution is -0.119. The average Bonchev–Trinajstić information content (AvgIpc) is 2.92. The molecule has 1 aromatic carbocycles. The van der Waals surface area contributed by atoms with Crippen LogP contribution in [0.2, 0.25) is 5.02 Å². The van der Waals surface area contributed by atoms with Crippen LogP contribution in [0.5, 0.6) is 0 Å². The maximum Gasteiger partial charge on any atom is 0.227 e. The van der Waals surface area contributed by atoms with Crippen molar-refractivity contribution in [2.24, 2.45) is 11.7 Å². The number of carbonyl (C=O) groups is 1. The molecule has 0 saturated carbocycles. The quantitative estimate of drug-likeness (QED) is 0.889. The number of imidazole rings is 1. The Hall–Kier alpha value is -1.85. The number of hydrogen-bond acceptors (Lipinski definition) is 3. The standard InChI is InChI=1S/C14H17ClN4O/c1-10(5-6-16)14(20)18-12-4-2-3-11(15)13(12)19-8-7-17-9-19/h2-4,7-10H,5-6,16H2,1H3,(H,18,20). The molecule has 3 N–H and O–H groups in total. The number of nitrogens with two attached hydrogens (primary N) is 1. The second-order valence-electron chi connectivity index (χ2n) is 4.57. The molecule has 20 heavy (non-hydrogen) atoms. The van der Waals surface area contributed by atoms with Gasteiger partial charge < -0.3 is 15.6 Å². The molecular formula is C14H17ClN4O. The summed E-state index contributed by atoms with van der Waals surface area (Å²) in [7, 11) is 0. The van der Waals surface area contributed by atoms with Crippen LogP contribution >= 0.6 is 11.6 Å². The molecule has 1 heterocycles. The van der Waals surface area contributed by atoms with Gasteiger partial charge in [-0.1, -0.05) is 24.6 Å². The Labute approximate surface area is 122 Å². The number of benzene rings is 1. The Kier molecular flexibility index (Phi) is 4.76. The van der Waals surface area contributed by atoms with Gasteiger partial charge in [0.05, 0.1) is 22.7 Å². The minimum absolute atomic E-state index is 0.0703. The molecule has 0 radical (unpaired) electrons. The fourth-order valence-electron chi connectivity index (χ4n) is 1.91. The van der Waals surface area contributed by atoms with Gasteiger partial charge in [0.1, 0.15) is 0 Å². The zero-order chi connectivity index (χ0) is 14.5. The van der Waals surface area contributed by atoms with Crippen molar-refractivity contribution in [2.75, 3.05) is 11.9 Å². The maximum absolute atomic E-state index is 12.1. The van der Waals surface area contributed by atoms with Gasteiger partial charge in [0.25, 0.3) is 0 Å². The van der Waals surface area contributed by atoms with E-state index in [-0.39, 0.29) is 11.8 Å². The molecule has 5 nitrogen and oxygen atoms in total. The molecule has 106 valence electrons. The van der Waals surface area contributed by atoms with Gasteiger partial charge in [0.15, 0.2) is 0 Å². The number of para-hydroxylation sites is 1.